The van der Waals surface area contributed by atoms with Gasteiger partial charge in [-0.1, -0.05) is 50.6 Å². The standard InChI is InChI=1S/C25H42ClO7PS.2Na/c1-3-4-5-6-8-12-24(21(2)31-18-11-19-33-34(29,30)25(27)28)35-20-10-7-9-17-32-23-15-13-22(26)14-16-23;;/h13-16,21,24H,3-12,17-20H2,1-2H3,(H,27,28)(H,29,30);;/q;2*+1/p-2/t21-,24+;;/m0../s1. The molecule has 0 N–H and O–H groups in total. The van der Waals surface area contributed by atoms with Crippen LogP contribution in [-0.2, 0) is 13.8 Å². The Morgan fingerprint density at radius 1 is 0.973 bits per heavy atom. The zero-order valence-corrected chi connectivity index (χ0v) is 29.4. The number of hydrogen-bond donors (Lipinski definition) is 0. The summed E-state index contributed by atoms with van der Waals surface area (Å²) in [4.78, 5) is 21.6. The Morgan fingerprint density at radius 3 is 2.27 bits per heavy atom. The minimum atomic E-state index is -4.94. The van der Waals surface area contributed by atoms with Crippen molar-refractivity contribution in [1.29, 1.82) is 0 Å². The second-order valence-corrected chi connectivity index (χ2v) is 11.9. The second-order valence-electron chi connectivity index (χ2n) is 8.50. The van der Waals surface area contributed by atoms with Crippen LogP contribution in [0.1, 0.15) is 78.1 Å². The van der Waals surface area contributed by atoms with E-state index in [1.807, 2.05) is 43.0 Å². The summed E-state index contributed by atoms with van der Waals surface area (Å²) in [5.41, 5.74) is -2.19. The number of benzene rings is 1. The van der Waals surface area contributed by atoms with Crippen LogP contribution < -0.4 is 73.9 Å². The van der Waals surface area contributed by atoms with Crippen LogP contribution >= 0.6 is 31.0 Å². The third-order valence-corrected chi connectivity index (χ3v) is 8.27. The van der Waals surface area contributed by atoms with E-state index in [9.17, 15) is 19.4 Å². The summed E-state index contributed by atoms with van der Waals surface area (Å²) < 4.78 is 27.2. The minimum absolute atomic E-state index is 0. The molecule has 1 aromatic carbocycles. The van der Waals surface area contributed by atoms with Crippen molar-refractivity contribution >= 4 is 36.7 Å². The fourth-order valence-corrected chi connectivity index (χ4v) is 5.37. The molecule has 0 saturated heterocycles. The molecular weight excluding hydrogens is 557 g/mol. The van der Waals surface area contributed by atoms with Gasteiger partial charge in [0.1, 0.15) is 11.5 Å². The fraction of sp³-hybridized carbons (Fsp3) is 0.720. The number of carbonyl (C=O) groups excluding carboxylic acids is 1. The Kier molecular flexibility index (Phi) is 27.3. The molecule has 3 atom stereocenters. The smallest absolute Gasteiger partial charge is 0.774 e. The van der Waals surface area contributed by atoms with E-state index in [-0.39, 0.29) is 71.8 Å². The Morgan fingerprint density at radius 2 is 1.62 bits per heavy atom. The molecule has 202 valence electrons. The molecule has 1 aromatic rings. The molecule has 0 aliphatic carbocycles. The SMILES string of the molecule is CCCCCCC[C@@H](SCCCCCOc1ccc(Cl)cc1)[C@H](C)OCCCOP(=O)([O-])C(=O)[O-].[Na+].[Na+]. The zero-order valence-electron chi connectivity index (χ0n) is 23.0. The van der Waals surface area contributed by atoms with Gasteiger partial charge >= 0.3 is 59.1 Å². The average molecular weight is 597 g/mol. The molecular formula is C25H40ClNa2O7PS. The Hall–Kier alpha value is 1.24. The third kappa shape index (κ3) is 20.7. The zero-order chi connectivity index (χ0) is 25.9. The molecule has 0 aliphatic rings. The molecule has 1 rings (SSSR count). The monoisotopic (exact) mass is 596 g/mol. The second kappa shape index (κ2) is 25.0. The molecule has 0 aliphatic heterocycles. The van der Waals surface area contributed by atoms with Gasteiger partial charge < -0.3 is 33.4 Å². The third-order valence-electron chi connectivity index (χ3n) is 5.47. The van der Waals surface area contributed by atoms with Crippen LogP contribution in [0.15, 0.2) is 24.3 Å². The molecule has 0 saturated carbocycles. The van der Waals surface area contributed by atoms with E-state index in [2.05, 4.69) is 11.4 Å². The van der Waals surface area contributed by atoms with E-state index in [0.717, 1.165) is 43.6 Å². The molecule has 37 heavy (non-hydrogen) atoms. The van der Waals surface area contributed by atoms with Crippen LogP contribution in [0.4, 0.5) is 4.79 Å². The maximum absolute atomic E-state index is 11.1. The number of halogens is 1. The van der Waals surface area contributed by atoms with Crippen molar-refractivity contribution in [2.24, 2.45) is 0 Å². The number of hydrogen-bond acceptors (Lipinski definition) is 8. The van der Waals surface area contributed by atoms with E-state index < -0.39 is 13.3 Å². The van der Waals surface area contributed by atoms with E-state index in [4.69, 9.17) is 21.1 Å². The molecule has 0 fully saturated rings. The number of unbranched alkanes of at least 4 members (excludes halogenated alkanes) is 6. The number of thioether (sulfide) groups is 1. The van der Waals surface area contributed by atoms with Crippen LogP contribution in [0, 0.1) is 0 Å². The largest absolute Gasteiger partial charge is 1.00 e. The summed E-state index contributed by atoms with van der Waals surface area (Å²) >= 11 is 7.81. The van der Waals surface area contributed by atoms with Crippen molar-refractivity contribution in [3.8, 4) is 5.75 Å². The predicted octanol–water partition coefficient (Wildman–Crippen LogP) is 0.0679. The molecule has 0 radical (unpaired) electrons. The summed E-state index contributed by atoms with van der Waals surface area (Å²) in [6.45, 7) is 5.02. The fourth-order valence-electron chi connectivity index (χ4n) is 3.41. The quantitative estimate of drug-likeness (QED) is 0.105. The van der Waals surface area contributed by atoms with E-state index in [0.29, 0.717) is 29.9 Å². The number of carbonyl (C=O) groups is 1. The maximum Gasteiger partial charge on any atom is 1.00 e. The summed E-state index contributed by atoms with van der Waals surface area (Å²) in [5.74, 6) is 1.88. The van der Waals surface area contributed by atoms with Crippen LogP contribution in [-0.4, -0.2) is 42.6 Å². The minimum Gasteiger partial charge on any atom is -0.774 e. The van der Waals surface area contributed by atoms with Crippen molar-refractivity contribution in [3.05, 3.63) is 29.3 Å². The normalized spacial score (nSPS) is 14.1. The van der Waals surface area contributed by atoms with Gasteiger partial charge in [-0.05, 0) is 69.0 Å². The van der Waals surface area contributed by atoms with Gasteiger partial charge in [0.15, 0.2) is 7.60 Å². The topological polar surface area (TPSA) is 108 Å². The first-order chi connectivity index (χ1) is 16.8. The molecule has 0 aromatic heterocycles. The van der Waals surface area contributed by atoms with Gasteiger partial charge in [-0.2, -0.15) is 11.8 Å². The van der Waals surface area contributed by atoms with Crippen LogP contribution in [0.25, 0.3) is 0 Å². The van der Waals surface area contributed by atoms with E-state index in [1.54, 1.807) is 0 Å². The maximum atomic E-state index is 11.1. The van der Waals surface area contributed by atoms with Crippen LogP contribution in [0.2, 0.25) is 5.02 Å². The van der Waals surface area contributed by atoms with Crippen LogP contribution in [0.3, 0.4) is 0 Å². The van der Waals surface area contributed by atoms with Crippen LogP contribution in [0.5, 0.6) is 5.75 Å². The van der Waals surface area contributed by atoms with Gasteiger partial charge in [-0.25, -0.2) is 0 Å². The summed E-state index contributed by atoms with van der Waals surface area (Å²) in [6.07, 6.45) is 10.7. The number of ether oxygens (including phenoxy) is 2. The van der Waals surface area contributed by atoms with Gasteiger partial charge in [-0.3, -0.25) is 0 Å². The van der Waals surface area contributed by atoms with Crippen molar-refractivity contribution < 1.29 is 92.5 Å². The van der Waals surface area contributed by atoms with Gasteiger partial charge in [0, 0.05) is 16.9 Å². The Balaban J connectivity index is 0. The molecule has 0 heterocycles. The first-order valence-corrected chi connectivity index (χ1v) is 15.5. The number of carboxylic acid groups (broad SMARTS) is 1. The van der Waals surface area contributed by atoms with Crippen molar-refractivity contribution in [2.75, 3.05) is 25.6 Å². The molecule has 12 heteroatoms. The first-order valence-electron chi connectivity index (χ1n) is 12.5. The van der Waals surface area contributed by atoms with Gasteiger partial charge in [0.25, 0.3) is 0 Å². The Labute approximate surface area is 276 Å². The molecule has 0 amide bonds. The van der Waals surface area contributed by atoms with E-state index in [1.165, 1.54) is 25.7 Å². The first kappa shape index (κ1) is 40.4. The number of rotatable bonds is 22. The molecule has 7 nitrogen and oxygen atoms in total. The van der Waals surface area contributed by atoms with Crippen molar-refractivity contribution in [3.63, 3.8) is 0 Å². The summed E-state index contributed by atoms with van der Waals surface area (Å²) in [6, 6.07) is 7.39. The predicted molar refractivity (Wildman–Crippen MR) is 139 cm³/mol. The molecule has 0 bridgehead atoms. The Bertz CT molecular complexity index is 746. The van der Waals surface area contributed by atoms with Crippen molar-refractivity contribution in [1.82, 2.24) is 0 Å². The molecule has 1 unspecified atom stereocenters. The van der Waals surface area contributed by atoms with Gasteiger partial charge in [0.2, 0.25) is 0 Å². The van der Waals surface area contributed by atoms with Gasteiger partial charge in [0.05, 0.1) is 19.3 Å². The van der Waals surface area contributed by atoms with Crippen molar-refractivity contribution in [2.45, 2.75) is 89.4 Å². The molecule has 0 spiro atoms. The summed E-state index contributed by atoms with van der Waals surface area (Å²) in [5, 5.41) is 11.5. The van der Waals surface area contributed by atoms with E-state index >= 15 is 0 Å². The van der Waals surface area contributed by atoms with Gasteiger partial charge in [-0.15, -0.1) is 0 Å². The summed E-state index contributed by atoms with van der Waals surface area (Å²) in [7, 11) is -4.94. The average Bonchev–Trinajstić information content (AvgIpc) is 2.82.